The minimum absolute atomic E-state index is 0.0235. The predicted molar refractivity (Wildman–Crippen MR) is 72.9 cm³/mol. The van der Waals surface area contributed by atoms with Gasteiger partial charge in [-0.05, 0) is 28.1 Å². The van der Waals surface area contributed by atoms with E-state index in [1.54, 1.807) is 6.07 Å². The van der Waals surface area contributed by atoms with Gasteiger partial charge >= 0.3 is 5.69 Å². The van der Waals surface area contributed by atoms with E-state index < -0.39 is 33.8 Å². The number of pyridine rings is 1. The van der Waals surface area contributed by atoms with Crippen LogP contribution in [-0.4, -0.2) is 15.8 Å². The number of aromatic nitrogens is 1. The first-order valence-electron chi connectivity index (χ1n) is 5.45. The Labute approximate surface area is 125 Å². The normalized spacial score (nSPS) is 10.2. The number of nitro groups is 1. The molecule has 0 aliphatic heterocycles. The van der Waals surface area contributed by atoms with E-state index in [9.17, 15) is 23.7 Å². The molecule has 0 aliphatic rings. The molecular formula is C12H6BrF2N3O3. The summed E-state index contributed by atoms with van der Waals surface area (Å²) in [5.74, 6) is -3.22. The molecular weight excluding hydrogens is 352 g/mol. The first kappa shape index (κ1) is 15.0. The zero-order valence-electron chi connectivity index (χ0n) is 10.1. The first-order chi connectivity index (χ1) is 9.88. The van der Waals surface area contributed by atoms with Crippen molar-refractivity contribution in [2.75, 3.05) is 5.32 Å². The summed E-state index contributed by atoms with van der Waals surface area (Å²) in [6.45, 7) is 0. The fourth-order valence-corrected chi connectivity index (χ4v) is 1.70. The molecule has 0 bridgehead atoms. The Morgan fingerprint density at radius 1 is 1.29 bits per heavy atom. The van der Waals surface area contributed by atoms with E-state index in [0.29, 0.717) is 16.6 Å². The van der Waals surface area contributed by atoms with Crippen molar-refractivity contribution in [1.29, 1.82) is 0 Å². The average molecular weight is 358 g/mol. The number of hydrogen-bond acceptors (Lipinski definition) is 4. The van der Waals surface area contributed by atoms with Crippen molar-refractivity contribution in [3.63, 3.8) is 0 Å². The number of rotatable bonds is 3. The van der Waals surface area contributed by atoms with Crippen molar-refractivity contribution >= 4 is 33.2 Å². The number of carbonyl (C=O) groups excluding carboxylic acids is 1. The summed E-state index contributed by atoms with van der Waals surface area (Å²) in [5.41, 5.74) is -1.46. The van der Waals surface area contributed by atoms with E-state index in [-0.39, 0.29) is 5.69 Å². The predicted octanol–water partition coefficient (Wildman–Crippen LogP) is 3.28. The molecule has 21 heavy (non-hydrogen) atoms. The lowest BCUT2D eigenvalue weighted by Crippen LogP contribution is -2.15. The fraction of sp³-hybridized carbons (Fsp3) is 0. The van der Waals surface area contributed by atoms with Crippen LogP contribution in [0.15, 0.2) is 34.9 Å². The van der Waals surface area contributed by atoms with Gasteiger partial charge in [-0.15, -0.1) is 0 Å². The second kappa shape index (κ2) is 5.92. The summed E-state index contributed by atoms with van der Waals surface area (Å²) in [7, 11) is 0. The quantitative estimate of drug-likeness (QED) is 0.674. The number of anilines is 1. The average Bonchev–Trinajstić information content (AvgIpc) is 2.42. The maximum atomic E-state index is 13.5. The molecule has 0 aliphatic carbocycles. The second-order valence-electron chi connectivity index (χ2n) is 3.86. The maximum Gasteiger partial charge on any atom is 0.307 e. The molecule has 1 heterocycles. The summed E-state index contributed by atoms with van der Waals surface area (Å²) < 4.78 is 27.3. The Hall–Kier alpha value is -2.42. The largest absolute Gasteiger partial charge is 0.318 e. The van der Waals surface area contributed by atoms with Gasteiger partial charge in [0.1, 0.15) is 11.5 Å². The van der Waals surface area contributed by atoms with E-state index in [2.05, 4.69) is 26.2 Å². The standard InChI is InChI=1S/C12H6BrF2N3O3/c13-6-1-2-9(16-5-6)12(19)17-10-4-11(18(20)21)8(15)3-7(10)14/h1-5H,(H,17,19). The summed E-state index contributed by atoms with van der Waals surface area (Å²) in [6, 6.07) is 3.87. The van der Waals surface area contributed by atoms with Crippen LogP contribution in [0.3, 0.4) is 0 Å². The van der Waals surface area contributed by atoms with Crippen LogP contribution in [0.1, 0.15) is 10.5 Å². The van der Waals surface area contributed by atoms with Crippen LogP contribution in [0.4, 0.5) is 20.2 Å². The van der Waals surface area contributed by atoms with Gasteiger partial charge in [0.15, 0.2) is 0 Å². The Morgan fingerprint density at radius 2 is 2.00 bits per heavy atom. The molecule has 0 fully saturated rings. The molecule has 108 valence electrons. The van der Waals surface area contributed by atoms with Crippen LogP contribution in [0, 0.1) is 21.7 Å². The molecule has 0 radical (unpaired) electrons. The zero-order valence-corrected chi connectivity index (χ0v) is 11.7. The molecule has 6 nitrogen and oxygen atoms in total. The highest BCUT2D eigenvalue weighted by Gasteiger charge is 2.20. The number of benzene rings is 1. The minimum atomic E-state index is -1.32. The summed E-state index contributed by atoms with van der Waals surface area (Å²) >= 11 is 3.14. The molecule has 0 unspecified atom stereocenters. The molecule has 0 saturated carbocycles. The number of hydrogen-bond donors (Lipinski definition) is 1. The SMILES string of the molecule is O=C(Nc1cc([N+](=O)[O-])c(F)cc1F)c1ccc(Br)cn1. The highest BCUT2D eigenvalue weighted by molar-refractivity contribution is 9.10. The third-order valence-corrected chi connectivity index (χ3v) is 2.91. The Morgan fingerprint density at radius 3 is 2.57 bits per heavy atom. The maximum absolute atomic E-state index is 13.5. The van der Waals surface area contributed by atoms with Crippen LogP contribution in [0.25, 0.3) is 0 Å². The lowest BCUT2D eigenvalue weighted by molar-refractivity contribution is -0.387. The summed E-state index contributed by atoms with van der Waals surface area (Å²) in [4.78, 5) is 25.2. The Bertz CT molecular complexity index is 722. The lowest BCUT2D eigenvalue weighted by Gasteiger charge is -2.06. The third kappa shape index (κ3) is 3.37. The highest BCUT2D eigenvalue weighted by atomic mass is 79.9. The topological polar surface area (TPSA) is 85.1 Å². The van der Waals surface area contributed by atoms with Crippen LogP contribution < -0.4 is 5.32 Å². The molecule has 0 spiro atoms. The van der Waals surface area contributed by atoms with Gasteiger partial charge in [0.25, 0.3) is 5.91 Å². The summed E-state index contributed by atoms with van der Waals surface area (Å²) in [6.07, 6.45) is 1.36. The third-order valence-electron chi connectivity index (χ3n) is 2.44. The van der Waals surface area contributed by atoms with Crippen molar-refractivity contribution < 1.29 is 18.5 Å². The zero-order chi connectivity index (χ0) is 15.6. The summed E-state index contributed by atoms with van der Waals surface area (Å²) in [5, 5.41) is 12.7. The second-order valence-corrected chi connectivity index (χ2v) is 4.77. The van der Waals surface area contributed by atoms with Gasteiger partial charge in [0.2, 0.25) is 5.82 Å². The molecule has 2 rings (SSSR count). The molecule has 1 amide bonds. The number of nitrogens with zero attached hydrogens (tertiary/aromatic N) is 2. The van der Waals surface area contributed by atoms with E-state index in [4.69, 9.17) is 0 Å². The molecule has 1 aromatic carbocycles. The van der Waals surface area contributed by atoms with Gasteiger partial charge in [-0.25, -0.2) is 9.37 Å². The van der Waals surface area contributed by atoms with Crippen molar-refractivity contribution in [3.8, 4) is 0 Å². The molecule has 1 aromatic heterocycles. The van der Waals surface area contributed by atoms with Crippen LogP contribution in [-0.2, 0) is 0 Å². The van der Waals surface area contributed by atoms with E-state index >= 15 is 0 Å². The molecule has 1 N–H and O–H groups in total. The van der Waals surface area contributed by atoms with Gasteiger partial charge in [-0.3, -0.25) is 14.9 Å². The fourth-order valence-electron chi connectivity index (χ4n) is 1.47. The molecule has 0 saturated heterocycles. The van der Waals surface area contributed by atoms with Crippen molar-refractivity contribution in [2.45, 2.75) is 0 Å². The van der Waals surface area contributed by atoms with Gasteiger partial charge in [0.05, 0.1) is 10.6 Å². The molecule has 9 heteroatoms. The minimum Gasteiger partial charge on any atom is -0.318 e. The Balaban J connectivity index is 2.30. The number of carbonyl (C=O) groups is 1. The van der Waals surface area contributed by atoms with Crippen molar-refractivity contribution in [1.82, 2.24) is 4.98 Å². The van der Waals surface area contributed by atoms with Gasteiger partial charge in [-0.1, -0.05) is 0 Å². The first-order valence-corrected chi connectivity index (χ1v) is 6.24. The van der Waals surface area contributed by atoms with E-state index in [0.717, 1.165) is 0 Å². The number of amides is 1. The van der Waals surface area contributed by atoms with E-state index in [1.165, 1.54) is 12.3 Å². The highest BCUT2D eigenvalue weighted by Crippen LogP contribution is 2.25. The lowest BCUT2D eigenvalue weighted by atomic mass is 10.2. The van der Waals surface area contributed by atoms with Gasteiger partial charge in [0, 0.05) is 22.8 Å². The van der Waals surface area contributed by atoms with Crippen LogP contribution in [0.2, 0.25) is 0 Å². The number of nitrogens with one attached hydrogen (secondary N) is 1. The van der Waals surface area contributed by atoms with Crippen LogP contribution in [0.5, 0.6) is 0 Å². The molecule has 0 atom stereocenters. The van der Waals surface area contributed by atoms with Crippen molar-refractivity contribution in [2.24, 2.45) is 0 Å². The monoisotopic (exact) mass is 357 g/mol. The number of nitro benzene ring substituents is 1. The number of halogens is 3. The van der Waals surface area contributed by atoms with Crippen molar-refractivity contribution in [3.05, 3.63) is 62.4 Å². The van der Waals surface area contributed by atoms with Gasteiger partial charge in [-0.2, -0.15) is 4.39 Å². The smallest absolute Gasteiger partial charge is 0.307 e. The van der Waals surface area contributed by atoms with Crippen LogP contribution >= 0.6 is 15.9 Å². The van der Waals surface area contributed by atoms with Gasteiger partial charge < -0.3 is 5.32 Å². The Kier molecular flexibility index (Phi) is 4.22. The molecule has 2 aromatic rings. The van der Waals surface area contributed by atoms with E-state index in [1.807, 2.05) is 0 Å².